The number of rotatable bonds is 7. The van der Waals surface area contributed by atoms with Crippen molar-refractivity contribution in [1.29, 1.82) is 0 Å². The lowest BCUT2D eigenvalue weighted by Crippen LogP contribution is -2.22. The maximum absolute atomic E-state index is 13.0. The van der Waals surface area contributed by atoms with Gasteiger partial charge in [-0.3, -0.25) is 14.4 Å². The van der Waals surface area contributed by atoms with Crippen LogP contribution in [0.2, 0.25) is 0 Å². The first-order valence-electron chi connectivity index (χ1n) is 9.61. The Balaban J connectivity index is 1.78. The molecule has 3 aromatic rings. The van der Waals surface area contributed by atoms with Crippen molar-refractivity contribution < 1.29 is 23.5 Å². The van der Waals surface area contributed by atoms with E-state index < -0.39 is 11.3 Å². The summed E-state index contributed by atoms with van der Waals surface area (Å²) in [6.45, 7) is 1.45. The Morgan fingerprint density at radius 3 is 2.41 bits per heavy atom. The number of anilines is 2. The van der Waals surface area contributed by atoms with Gasteiger partial charge in [-0.05, 0) is 35.9 Å². The first-order chi connectivity index (χ1) is 15.3. The number of aromatic nitrogens is 1. The van der Waals surface area contributed by atoms with Gasteiger partial charge in [0.05, 0.1) is 19.0 Å². The van der Waals surface area contributed by atoms with Crippen LogP contribution in [0.4, 0.5) is 15.8 Å². The Morgan fingerprint density at radius 2 is 1.75 bits per heavy atom. The quantitative estimate of drug-likeness (QED) is 0.589. The van der Waals surface area contributed by atoms with E-state index in [1.807, 2.05) is 0 Å². The van der Waals surface area contributed by atoms with Gasteiger partial charge in [-0.25, -0.2) is 4.39 Å². The number of nitrogens with zero attached hydrogens (tertiary/aromatic N) is 1. The zero-order valence-electron chi connectivity index (χ0n) is 17.8. The van der Waals surface area contributed by atoms with E-state index in [9.17, 15) is 18.8 Å². The number of methoxy groups -OCH3 is 1. The third-order valence-electron chi connectivity index (χ3n) is 4.51. The summed E-state index contributed by atoms with van der Waals surface area (Å²) in [5.74, 6) is -0.728. The molecule has 0 unspecified atom stereocenters. The second-order valence-electron chi connectivity index (χ2n) is 6.96. The highest BCUT2D eigenvalue weighted by Gasteiger charge is 2.16. The van der Waals surface area contributed by atoms with Crippen LogP contribution in [-0.2, 0) is 18.4 Å². The van der Waals surface area contributed by atoms with Crippen molar-refractivity contribution in [2.75, 3.05) is 17.7 Å². The minimum Gasteiger partial charge on any atom is -0.495 e. The number of benzene rings is 2. The van der Waals surface area contributed by atoms with Gasteiger partial charge in [-0.15, -0.1) is 0 Å². The van der Waals surface area contributed by atoms with Crippen molar-refractivity contribution in [3.63, 3.8) is 0 Å². The summed E-state index contributed by atoms with van der Waals surface area (Å²) in [5, 5.41) is 5.32. The molecule has 0 spiro atoms. The third kappa shape index (κ3) is 5.51. The number of carbonyl (C=O) groups excluding carboxylic acids is 2. The van der Waals surface area contributed by atoms with Crippen LogP contribution in [0.3, 0.4) is 0 Å². The van der Waals surface area contributed by atoms with Crippen molar-refractivity contribution >= 4 is 23.2 Å². The molecule has 0 bridgehead atoms. The number of aryl methyl sites for hydroxylation is 1. The van der Waals surface area contributed by atoms with Gasteiger partial charge < -0.3 is 24.7 Å². The van der Waals surface area contributed by atoms with Crippen molar-refractivity contribution in [3.05, 3.63) is 82.0 Å². The van der Waals surface area contributed by atoms with E-state index in [1.165, 1.54) is 43.0 Å². The number of carbonyl (C=O) groups is 2. The van der Waals surface area contributed by atoms with E-state index in [-0.39, 0.29) is 29.8 Å². The predicted molar refractivity (Wildman–Crippen MR) is 118 cm³/mol. The molecule has 2 aromatic carbocycles. The fourth-order valence-electron chi connectivity index (χ4n) is 2.96. The Morgan fingerprint density at radius 1 is 1.03 bits per heavy atom. The lowest BCUT2D eigenvalue weighted by Gasteiger charge is -2.15. The maximum atomic E-state index is 13.0. The van der Waals surface area contributed by atoms with Crippen molar-refractivity contribution in [3.8, 4) is 11.5 Å². The molecule has 0 aliphatic heterocycles. The van der Waals surface area contributed by atoms with Crippen molar-refractivity contribution in [1.82, 2.24) is 4.57 Å². The molecule has 0 saturated carbocycles. The fourth-order valence-corrected chi connectivity index (χ4v) is 2.96. The Labute approximate surface area is 183 Å². The summed E-state index contributed by atoms with van der Waals surface area (Å²) < 4.78 is 25.3. The van der Waals surface area contributed by atoms with Crippen LogP contribution >= 0.6 is 0 Å². The third-order valence-corrected chi connectivity index (χ3v) is 4.51. The van der Waals surface area contributed by atoms with Crippen LogP contribution in [0, 0.1) is 5.82 Å². The molecule has 2 N–H and O–H groups in total. The van der Waals surface area contributed by atoms with Gasteiger partial charge in [0.25, 0.3) is 5.91 Å². The second-order valence-corrected chi connectivity index (χ2v) is 6.96. The summed E-state index contributed by atoms with van der Waals surface area (Å²) in [7, 11) is 3.05. The minimum atomic E-state index is -0.548. The van der Waals surface area contributed by atoms with Gasteiger partial charge in [0.2, 0.25) is 11.3 Å². The van der Waals surface area contributed by atoms with Crippen LogP contribution in [0.15, 0.2) is 59.5 Å². The molecule has 1 heterocycles. The maximum Gasteiger partial charge on any atom is 0.272 e. The molecule has 9 heteroatoms. The first-order valence-corrected chi connectivity index (χ1v) is 9.61. The summed E-state index contributed by atoms with van der Waals surface area (Å²) in [6, 6.07) is 11.7. The highest BCUT2D eigenvalue weighted by molar-refractivity contribution is 6.04. The summed E-state index contributed by atoms with van der Waals surface area (Å²) in [4.78, 5) is 36.6. The summed E-state index contributed by atoms with van der Waals surface area (Å²) in [5.41, 5.74) is 1.12. The molecule has 2 amide bonds. The van der Waals surface area contributed by atoms with Crippen molar-refractivity contribution in [2.45, 2.75) is 13.5 Å². The molecule has 166 valence electrons. The van der Waals surface area contributed by atoms with Gasteiger partial charge >= 0.3 is 0 Å². The van der Waals surface area contributed by atoms with Crippen molar-refractivity contribution in [2.24, 2.45) is 7.05 Å². The molecule has 0 saturated heterocycles. The van der Waals surface area contributed by atoms with E-state index in [0.29, 0.717) is 22.7 Å². The molecule has 32 heavy (non-hydrogen) atoms. The summed E-state index contributed by atoms with van der Waals surface area (Å²) >= 11 is 0. The molecule has 8 nitrogen and oxygen atoms in total. The van der Waals surface area contributed by atoms with Gasteiger partial charge in [0.1, 0.15) is 23.9 Å². The second kappa shape index (κ2) is 9.78. The number of nitrogens with one attached hydrogen (secondary N) is 2. The Bertz CT molecular complexity index is 1210. The standard InChI is InChI=1S/C23H22FN3O5/c1-14(28)25-17-8-9-21(31-3)18(10-17)26-23(30)19-11-20(29)22(12-27(19)2)32-13-15-4-6-16(24)7-5-15/h4-12H,13H2,1-3H3,(H,25,28)(H,26,30). The fraction of sp³-hybridized carbons (Fsp3) is 0.174. The molecule has 0 atom stereocenters. The zero-order valence-corrected chi connectivity index (χ0v) is 17.8. The molecule has 0 fully saturated rings. The first kappa shape index (κ1) is 22.5. The lowest BCUT2D eigenvalue weighted by atomic mass is 10.2. The van der Waals surface area contributed by atoms with Gasteiger partial charge in [-0.1, -0.05) is 12.1 Å². The van der Waals surface area contributed by atoms with Crippen LogP contribution < -0.4 is 25.5 Å². The molecular formula is C23H22FN3O5. The van der Waals surface area contributed by atoms with Crippen LogP contribution in [0.1, 0.15) is 23.0 Å². The predicted octanol–water partition coefficient (Wildman–Crippen LogP) is 3.32. The minimum absolute atomic E-state index is 0.0543. The highest BCUT2D eigenvalue weighted by Crippen LogP contribution is 2.28. The number of halogens is 1. The monoisotopic (exact) mass is 439 g/mol. The Hall–Kier alpha value is -4.14. The largest absolute Gasteiger partial charge is 0.495 e. The number of amides is 2. The van der Waals surface area contributed by atoms with E-state index in [1.54, 1.807) is 37.4 Å². The normalized spacial score (nSPS) is 10.4. The van der Waals surface area contributed by atoms with Gasteiger partial charge in [0, 0.05) is 25.7 Å². The van der Waals surface area contributed by atoms with Crippen LogP contribution in [0.5, 0.6) is 11.5 Å². The van der Waals surface area contributed by atoms with E-state index >= 15 is 0 Å². The van der Waals surface area contributed by atoms with Crippen LogP contribution in [0.25, 0.3) is 0 Å². The topological polar surface area (TPSA) is 98.7 Å². The molecular weight excluding hydrogens is 417 g/mol. The summed E-state index contributed by atoms with van der Waals surface area (Å²) in [6.07, 6.45) is 1.41. The molecule has 0 radical (unpaired) electrons. The van der Waals surface area contributed by atoms with Gasteiger partial charge in [-0.2, -0.15) is 0 Å². The lowest BCUT2D eigenvalue weighted by molar-refractivity contribution is -0.114. The molecule has 0 aliphatic carbocycles. The SMILES string of the molecule is COc1ccc(NC(C)=O)cc1NC(=O)c1cc(=O)c(OCc2ccc(F)cc2)cn1C. The average Bonchev–Trinajstić information content (AvgIpc) is 2.75. The zero-order chi connectivity index (χ0) is 23.3. The molecule has 1 aromatic heterocycles. The number of ether oxygens (including phenoxy) is 2. The molecule has 0 aliphatic rings. The smallest absolute Gasteiger partial charge is 0.272 e. The molecule has 3 rings (SSSR count). The average molecular weight is 439 g/mol. The van der Waals surface area contributed by atoms with Gasteiger partial charge in [0.15, 0.2) is 5.75 Å². The number of hydrogen-bond donors (Lipinski definition) is 2. The van der Waals surface area contributed by atoms with E-state index in [2.05, 4.69) is 10.6 Å². The number of pyridine rings is 1. The Kier molecular flexibility index (Phi) is 6.89. The number of hydrogen-bond acceptors (Lipinski definition) is 5. The van der Waals surface area contributed by atoms with E-state index in [4.69, 9.17) is 9.47 Å². The van der Waals surface area contributed by atoms with Crippen LogP contribution in [-0.4, -0.2) is 23.5 Å². The van der Waals surface area contributed by atoms with E-state index in [0.717, 1.165) is 0 Å². The highest BCUT2D eigenvalue weighted by atomic mass is 19.1.